The lowest BCUT2D eigenvalue weighted by atomic mass is 10.2. The van der Waals surface area contributed by atoms with Crippen LogP contribution >= 0.6 is 0 Å². The number of carbonyl (C=O) groups excluding carboxylic acids is 2. The Morgan fingerprint density at radius 1 is 1.37 bits per heavy atom. The predicted octanol–water partition coefficient (Wildman–Crippen LogP) is 1.70. The van der Waals surface area contributed by atoms with E-state index in [1.54, 1.807) is 19.2 Å². The molecule has 19 heavy (non-hydrogen) atoms. The molecule has 104 valence electrons. The highest BCUT2D eigenvalue weighted by molar-refractivity contribution is 5.84. The average Bonchev–Trinajstić information content (AvgIpc) is 2.36. The zero-order chi connectivity index (χ0) is 14.3. The van der Waals surface area contributed by atoms with E-state index in [0.717, 1.165) is 12.0 Å². The van der Waals surface area contributed by atoms with Crippen LogP contribution in [0.2, 0.25) is 0 Å². The molecule has 0 radical (unpaired) electrons. The van der Waals surface area contributed by atoms with Crippen molar-refractivity contribution >= 4 is 11.8 Å². The summed E-state index contributed by atoms with van der Waals surface area (Å²) in [6.45, 7) is 2.20. The van der Waals surface area contributed by atoms with Crippen molar-refractivity contribution in [2.45, 2.75) is 26.3 Å². The normalized spacial score (nSPS) is 10.1. The van der Waals surface area contributed by atoms with Crippen molar-refractivity contribution in [1.29, 1.82) is 0 Å². The zero-order valence-corrected chi connectivity index (χ0v) is 11.3. The van der Waals surface area contributed by atoms with Gasteiger partial charge in [-0.3, -0.25) is 9.59 Å². The van der Waals surface area contributed by atoms with Gasteiger partial charge in [0.25, 0.3) is 0 Å². The summed E-state index contributed by atoms with van der Waals surface area (Å²) in [5.74, 6) is -0.654. The maximum Gasteiger partial charge on any atom is 0.242 e. The van der Waals surface area contributed by atoms with Crippen LogP contribution in [0.3, 0.4) is 0 Å². The number of likely N-dealkylation sites (N-methyl/N-ethyl adjacent to an activating group) is 1. The molecule has 0 heterocycles. The van der Waals surface area contributed by atoms with Crippen molar-refractivity contribution < 1.29 is 14.0 Å². The van der Waals surface area contributed by atoms with Crippen LogP contribution in [0.1, 0.15) is 25.3 Å². The number of carbonyl (C=O) groups is 2. The summed E-state index contributed by atoms with van der Waals surface area (Å²) in [6, 6.07) is 6.10. The Kier molecular flexibility index (Phi) is 5.99. The minimum Gasteiger partial charge on any atom is -0.347 e. The molecule has 0 spiro atoms. The summed E-state index contributed by atoms with van der Waals surface area (Å²) < 4.78 is 13.0. The van der Waals surface area contributed by atoms with Crippen LogP contribution in [-0.4, -0.2) is 30.3 Å². The van der Waals surface area contributed by atoms with Crippen molar-refractivity contribution in [3.05, 3.63) is 35.6 Å². The monoisotopic (exact) mass is 266 g/mol. The summed E-state index contributed by atoms with van der Waals surface area (Å²) in [5, 5.41) is 2.56. The highest BCUT2D eigenvalue weighted by Gasteiger charge is 2.10. The van der Waals surface area contributed by atoms with Crippen molar-refractivity contribution in [3.63, 3.8) is 0 Å². The molecule has 1 N–H and O–H groups in total. The van der Waals surface area contributed by atoms with E-state index in [1.807, 2.05) is 6.92 Å². The SMILES string of the molecule is CCCC(=O)NCC(=O)N(C)Cc1cccc(F)c1. The fraction of sp³-hybridized carbons (Fsp3) is 0.429. The summed E-state index contributed by atoms with van der Waals surface area (Å²) in [4.78, 5) is 24.5. The van der Waals surface area contributed by atoms with Crippen LogP contribution in [0, 0.1) is 5.82 Å². The molecule has 0 atom stereocenters. The molecule has 0 bridgehead atoms. The second kappa shape index (κ2) is 7.51. The lowest BCUT2D eigenvalue weighted by Gasteiger charge is -2.17. The summed E-state index contributed by atoms with van der Waals surface area (Å²) in [7, 11) is 1.62. The Labute approximate surface area is 112 Å². The van der Waals surface area contributed by atoms with E-state index in [1.165, 1.54) is 17.0 Å². The van der Waals surface area contributed by atoms with E-state index in [9.17, 15) is 14.0 Å². The fourth-order valence-electron chi connectivity index (χ4n) is 1.62. The molecule has 0 unspecified atom stereocenters. The first-order chi connectivity index (χ1) is 9.02. The Morgan fingerprint density at radius 2 is 2.11 bits per heavy atom. The Hall–Kier alpha value is -1.91. The van der Waals surface area contributed by atoms with E-state index in [0.29, 0.717) is 13.0 Å². The molecule has 1 rings (SSSR count). The van der Waals surface area contributed by atoms with Crippen LogP contribution in [0.5, 0.6) is 0 Å². The fourth-order valence-corrected chi connectivity index (χ4v) is 1.62. The number of benzene rings is 1. The predicted molar refractivity (Wildman–Crippen MR) is 70.8 cm³/mol. The highest BCUT2D eigenvalue weighted by Crippen LogP contribution is 2.06. The summed E-state index contributed by atoms with van der Waals surface area (Å²) in [5.41, 5.74) is 0.718. The van der Waals surface area contributed by atoms with Crippen LogP contribution in [-0.2, 0) is 16.1 Å². The topological polar surface area (TPSA) is 49.4 Å². The van der Waals surface area contributed by atoms with Crippen LogP contribution in [0.15, 0.2) is 24.3 Å². The highest BCUT2D eigenvalue weighted by atomic mass is 19.1. The van der Waals surface area contributed by atoms with E-state index in [4.69, 9.17) is 0 Å². The first kappa shape index (κ1) is 15.1. The molecule has 4 nitrogen and oxygen atoms in total. The molecule has 5 heteroatoms. The van der Waals surface area contributed by atoms with Gasteiger partial charge < -0.3 is 10.2 Å². The van der Waals surface area contributed by atoms with Crippen molar-refractivity contribution in [2.24, 2.45) is 0 Å². The standard InChI is InChI=1S/C14H19FN2O2/c1-3-5-13(18)16-9-14(19)17(2)10-11-6-4-7-12(15)8-11/h4,6-8H,3,5,9-10H2,1-2H3,(H,16,18). The van der Waals surface area contributed by atoms with Gasteiger partial charge >= 0.3 is 0 Å². The minimum absolute atomic E-state index is 0.0232. The average molecular weight is 266 g/mol. The third-order valence-electron chi connectivity index (χ3n) is 2.65. The Bertz CT molecular complexity index is 449. The number of halogens is 1. The van der Waals surface area contributed by atoms with E-state index in [-0.39, 0.29) is 24.2 Å². The van der Waals surface area contributed by atoms with Gasteiger partial charge in [0.05, 0.1) is 6.54 Å². The van der Waals surface area contributed by atoms with E-state index < -0.39 is 0 Å². The number of hydrogen-bond acceptors (Lipinski definition) is 2. The van der Waals surface area contributed by atoms with Crippen molar-refractivity contribution in [3.8, 4) is 0 Å². The molecular formula is C14H19FN2O2. The summed E-state index contributed by atoms with van der Waals surface area (Å²) in [6.07, 6.45) is 1.17. The Morgan fingerprint density at radius 3 is 2.74 bits per heavy atom. The lowest BCUT2D eigenvalue weighted by molar-refractivity contribution is -0.132. The lowest BCUT2D eigenvalue weighted by Crippen LogP contribution is -2.37. The van der Waals surface area contributed by atoms with Gasteiger partial charge in [0, 0.05) is 20.0 Å². The second-order valence-corrected chi connectivity index (χ2v) is 4.41. The van der Waals surface area contributed by atoms with Crippen LogP contribution in [0.4, 0.5) is 4.39 Å². The van der Waals surface area contributed by atoms with Crippen molar-refractivity contribution in [1.82, 2.24) is 10.2 Å². The molecule has 1 aromatic carbocycles. The molecule has 2 amide bonds. The quantitative estimate of drug-likeness (QED) is 0.852. The van der Waals surface area contributed by atoms with Gasteiger partial charge in [-0.25, -0.2) is 4.39 Å². The van der Waals surface area contributed by atoms with Gasteiger partial charge in [-0.1, -0.05) is 19.1 Å². The molecule has 0 saturated carbocycles. The van der Waals surface area contributed by atoms with E-state index >= 15 is 0 Å². The van der Waals surface area contributed by atoms with Crippen LogP contribution < -0.4 is 5.32 Å². The molecule has 0 aliphatic heterocycles. The molecule has 0 aliphatic carbocycles. The van der Waals surface area contributed by atoms with Crippen molar-refractivity contribution in [2.75, 3.05) is 13.6 Å². The molecule has 0 fully saturated rings. The molecule has 1 aromatic rings. The van der Waals surface area contributed by atoms with E-state index in [2.05, 4.69) is 5.32 Å². The largest absolute Gasteiger partial charge is 0.347 e. The van der Waals surface area contributed by atoms with Crippen LogP contribution in [0.25, 0.3) is 0 Å². The second-order valence-electron chi connectivity index (χ2n) is 4.41. The van der Waals surface area contributed by atoms with Gasteiger partial charge in [-0.15, -0.1) is 0 Å². The zero-order valence-electron chi connectivity index (χ0n) is 11.3. The first-order valence-corrected chi connectivity index (χ1v) is 6.28. The number of amides is 2. The molecule has 0 aromatic heterocycles. The minimum atomic E-state index is -0.324. The molecule has 0 aliphatic rings. The number of nitrogens with one attached hydrogen (secondary N) is 1. The first-order valence-electron chi connectivity index (χ1n) is 6.28. The van der Waals surface area contributed by atoms with Gasteiger partial charge in [0.15, 0.2) is 0 Å². The third-order valence-corrected chi connectivity index (χ3v) is 2.65. The summed E-state index contributed by atoms with van der Waals surface area (Å²) >= 11 is 0. The number of hydrogen-bond donors (Lipinski definition) is 1. The molecule has 0 saturated heterocycles. The Balaban J connectivity index is 2.42. The van der Waals surface area contributed by atoms with Gasteiger partial charge in [0.2, 0.25) is 11.8 Å². The number of nitrogens with zero attached hydrogens (tertiary/aromatic N) is 1. The smallest absolute Gasteiger partial charge is 0.242 e. The maximum atomic E-state index is 13.0. The van der Waals surface area contributed by atoms with Gasteiger partial charge in [-0.05, 0) is 24.1 Å². The molecular weight excluding hydrogens is 247 g/mol. The third kappa shape index (κ3) is 5.50. The van der Waals surface area contributed by atoms with Gasteiger partial charge in [-0.2, -0.15) is 0 Å². The maximum absolute atomic E-state index is 13.0. The number of rotatable bonds is 6. The van der Waals surface area contributed by atoms with Gasteiger partial charge in [0.1, 0.15) is 5.82 Å².